The maximum Gasteiger partial charge on any atom is 0.234 e. The molecule has 0 amide bonds. The van der Waals surface area contributed by atoms with Crippen molar-refractivity contribution in [1.82, 2.24) is 14.8 Å². The van der Waals surface area contributed by atoms with Crippen LogP contribution in [0.15, 0.2) is 100 Å². The molecule has 0 bridgehead atoms. The smallest absolute Gasteiger partial charge is 0.234 e. The molecule has 0 atom stereocenters. The van der Waals surface area contributed by atoms with Crippen LogP contribution >= 0.6 is 0 Å². The number of hydrogen-bond acceptors (Lipinski definition) is 4. The first-order valence-corrected chi connectivity index (χ1v) is 8.89. The number of rotatable bonds is 3. The minimum Gasteiger partial charge on any atom is -0.437 e. The molecule has 0 spiro atoms. The molecule has 5 heteroatoms. The summed E-state index contributed by atoms with van der Waals surface area (Å²) >= 11 is 0. The molecular weight excluding hydrogens is 350 g/mol. The fourth-order valence-electron chi connectivity index (χ4n) is 3.24. The second kappa shape index (κ2) is 6.63. The van der Waals surface area contributed by atoms with Crippen LogP contribution < -0.4 is 5.43 Å². The monoisotopic (exact) mass is 365 g/mol. The maximum absolute atomic E-state index is 13.1. The van der Waals surface area contributed by atoms with Crippen molar-refractivity contribution >= 4 is 11.1 Å². The SMILES string of the molecule is O=c1cc(-c2cccnc2)oc2c1c(-c1ccccc1)nn2-c1ccccc1. The topological polar surface area (TPSA) is 60.9 Å². The average Bonchev–Trinajstić information content (AvgIpc) is 3.16. The first-order valence-electron chi connectivity index (χ1n) is 8.89. The van der Waals surface area contributed by atoms with Crippen molar-refractivity contribution in [2.45, 2.75) is 0 Å². The van der Waals surface area contributed by atoms with Crippen LogP contribution in [0.3, 0.4) is 0 Å². The quantitative estimate of drug-likeness (QED) is 0.465. The number of fused-ring (bicyclic) bond motifs is 1. The molecule has 0 aliphatic heterocycles. The minimum atomic E-state index is -0.138. The van der Waals surface area contributed by atoms with Crippen molar-refractivity contribution in [2.75, 3.05) is 0 Å². The molecular formula is C23H15N3O2. The Hall–Kier alpha value is -3.99. The van der Waals surface area contributed by atoms with Gasteiger partial charge in [0.1, 0.15) is 16.8 Å². The van der Waals surface area contributed by atoms with E-state index in [1.165, 1.54) is 6.07 Å². The van der Waals surface area contributed by atoms with Crippen LogP contribution in [0.2, 0.25) is 0 Å². The van der Waals surface area contributed by atoms with Gasteiger partial charge in [0.2, 0.25) is 5.71 Å². The molecule has 0 aliphatic carbocycles. The van der Waals surface area contributed by atoms with Crippen LogP contribution in [0.25, 0.3) is 39.4 Å². The lowest BCUT2D eigenvalue weighted by molar-refractivity contribution is 0.587. The van der Waals surface area contributed by atoms with Crippen molar-refractivity contribution in [2.24, 2.45) is 0 Å². The minimum absolute atomic E-state index is 0.138. The second-order valence-corrected chi connectivity index (χ2v) is 6.36. The zero-order valence-electron chi connectivity index (χ0n) is 14.8. The summed E-state index contributed by atoms with van der Waals surface area (Å²) < 4.78 is 7.86. The van der Waals surface area contributed by atoms with E-state index in [9.17, 15) is 4.79 Å². The van der Waals surface area contributed by atoms with Crippen molar-refractivity contribution < 1.29 is 4.42 Å². The predicted octanol–water partition coefficient (Wildman–Crippen LogP) is 4.71. The van der Waals surface area contributed by atoms with Crippen LogP contribution in [0, 0.1) is 0 Å². The van der Waals surface area contributed by atoms with Crippen LogP contribution in [-0.4, -0.2) is 14.8 Å². The molecule has 5 aromatic rings. The molecule has 2 aromatic carbocycles. The molecule has 0 saturated heterocycles. The highest BCUT2D eigenvalue weighted by atomic mass is 16.3. The number of nitrogens with zero attached hydrogens (tertiary/aromatic N) is 3. The summed E-state index contributed by atoms with van der Waals surface area (Å²) in [6.45, 7) is 0. The van der Waals surface area contributed by atoms with Crippen LogP contribution in [0.1, 0.15) is 0 Å². The van der Waals surface area contributed by atoms with Gasteiger partial charge in [-0.1, -0.05) is 48.5 Å². The normalized spacial score (nSPS) is 11.0. The average molecular weight is 365 g/mol. The Kier molecular flexibility index (Phi) is 3.84. The lowest BCUT2D eigenvalue weighted by Crippen LogP contribution is -2.02. The van der Waals surface area contributed by atoms with Crippen molar-refractivity contribution in [3.05, 3.63) is 101 Å². The van der Waals surface area contributed by atoms with E-state index >= 15 is 0 Å². The summed E-state index contributed by atoms with van der Waals surface area (Å²) in [6, 6.07) is 24.5. The van der Waals surface area contributed by atoms with E-state index < -0.39 is 0 Å². The van der Waals surface area contributed by atoms with Gasteiger partial charge in [-0.15, -0.1) is 0 Å². The number of para-hydroxylation sites is 1. The van der Waals surface area contributed by atoms with E-state index in [1.54, 1.807) is 17.1 Å². The molecule has 3 aromatic heterocycles. The highest BCUT2D eigenvalue weighted by Gasteiger charge is 2.20. The van der Waals surface area contributed by atoms with Gasteiger partial charge in [-0.3, -0.25) is 9.78 Å². The summed E-state index contributed by atoms with van der Waals surface area (Å²) in [5.74, 6) is 0.460. The number of pyridine rings is 1. The molecule has 28 heavy (non-hydrogen) atoms. The Morgan fingerprint density at radius 1 is 0.821 bits per heavy atom. The molecule has 0 aliphatic rings. The van der Waals surface area contributed by atoms with Gasteiger partial charge in [0, 0.05) is 29.6 Å². The van der Waals surface area contributed by atoms with Gasteiger partial charge < -0.3 is 4.42 Å². The predicted molar refractivity (Wildman–Crippen MR) is 108 cm³/mol. The Balaban J connectivity index is 1.85. The number of hydrogen-bond donors (Lipinski definition) is 0. The Labute approximate surface area is 160 Å². The summed E-state index contributed by atoms with van der Waals surface area (Å²) in [6.07, 6.45) is 3.35. The molecule has 0 N–H and O–H groups in total. The lowest BCUT2D eigenvalue weighted by atomic mass is 10.1. The van der Waals surface area contributed by atoms with Gasteiger partial charge in [0.05, 0.1) is 5.69 Å². The van der Waals surface area contributed by atoms with Crippen LogP contribution in [0.4, 0.5) is 0 Å². The van der Waals surface area contributed by atoms with E-state index in [2.05, 4.69) is 4.98 Å². The third-order valence-corrected chi connectivity index (χ3v) is 4.55. The molecule has 5 nitrogen and oxygen atoms in total. The van der Waals surface area contributed by atoms with Crippen LogP contribution in [0.5, 0.6) is 0 Å². The lowest BCUT2D eigenvalue weighted by Gasteiger charge is -2.04. The molecule has 134 valence electrons. The van der Waals surface area contributed by atoms with Crippen LogP contribution in [-0.2, 0) is 0 Å². The molecule has 3 heterocycles. The fraction of sp³-hybridized carbons (Fsp3) is 0. The summed E-state index contributed by atoms with van der Waals surface area (Å²) in [7, 11) is 0. The first kappa shape index (κ1) is 16.2. The highest BCUT2D eigenvalue weighted by molar-refractivity contribution is 5.91. The van der Waals surface area contributed by atoms with Gasteiger partial charge in [0.15, 0.2) is 5.43 Å². The molecule has 0 fully saturated rings. The Morgan fingerprint density at radius 3 is 2.25 bits per heavy atom. The number of aromatic nitrogens is 3. The number of benzene rings is 2. The van der Waals surface area contributed by atoms with Gasteiger partial charge in [0.25, 0.3) is 0 Å². The second-order valence-electron chi connectivity index (χ2n) is 6.36. The molecule has 0 saturated carbocycles. The van der Waals surface area contributed by atoms with E-state index in [0.717, 1.165) is 16.8 Å². The molecule has 0 radical (unpaired) electrons. The molecule has 0 unspecified atom stereocenters. The van der Waals surface area contributed by atoms with E-state index in [-0.39, 0.29) is 5.43 Å². The standard InChI is InChI=1S/C23H15N3O2/c27-19-14-20(17-10-7-13-24-15-17)28-23-21(19)22(16-8-3-1-4-9-16)25-26(23)18-11-5-2-6-12-18/h1-15H. The Morgan fingerprint density at radius 2 is 1.54 bits per heavy atom. The third-order valence-electron chi connectivity index (χ3n) is 4.55. The molecule has 5 rings (SSSR count). The largest absolute Gasteiger partial charge is 0.437 e. The maximum atomic E-state index is 13.1. The van der Waals surface area contributed by atoms with Crippen molar-refractivity contribution in [3.8, 4) is 28.3 Å². The fourth-order valence-corrected chi connectivity index (χ4v) is 3.24. The van der Waals surface area contributed by atoms with Gasteiger partial charge >= 0.3 is 0 Å². The van der Waals surface area contributed by atoms with Gasteiger partial charge in [-0.25, -0.2) is 0 Å². The van der Waals surface area contributed by atoms with Crippen molar-refractivity contribution in [3.63, 3.8) is 0 Å². The first-order chi connectivity index (χ1) is 13.8. The third kappa shape index (κ3) is 2.70. The van der Waals surface area contributed by atoms with Crippen molar-refractivity contribution in [1.29, 1.82) is 0 Å². The highest BCUT2D eigenvalue weighted by Crippen LogP contribution is 2.30. The van der Waals surface area contributed by atoms with E-state index in [0.29, 0.717) is 22.6 Å². The van der Waals surface area contributed by atoms with E-state index in [4.69, 9.17) is 9.52 Å². The Bertz CT molecular complexity index is 1310. The zero-order chi connectivity index (χ0) is 18.9. The summed E-state index contributed by atoms with van der Waals surface area (Å²) in [5.41, 5.74) is 3.30. The summed E-state index contributed by atoms with van der Waals surface area (Å²) in [4.78, 5) is 17.2. The van der Waals surface area contributed by atoms with Gasteiger partial charge in [-0.2, -0.15) is 9.78 Å². The zero-order valence-corrected chi connectivity index (χ0v) is 14.8. The van der Waals surface area contributed by atoms with Gasteiger partial charge in [-0.05, 0) is 24.3 Å². The van der Waals surface area contributed by atoms with E-state index in [1.807, 2.05) is 72.8 Å². The summed E-state index contributed by atoms with van der Waals surface area (Å²) in [5, 5.41) is 5.19.